The minimum atomic E-state index is -0.944. The summed E-state index contributed by atoms with van der Waals surface area (Å²) in [4.78, 5) is 17.2. The summed E-state index contributed by atoms with van der Waals surface area (Å²) in [6.07, 6.45) is 2.98. The van der Waals surface area contributed by atoms with Crippen LogP contribution in [0.25, 0.3) is 0 Å². The van der Waals surface area contributed by atoms with E-state index in [1.165, 1.54) is 17.7 Å². The van der Waals surface area contributed by atoms with Crippen molar-refractivity contribution in [3.8, 4) is 0 Å². The highest BCUT2D eigenvalue weighted by molar-refractivity contribution is 7.99. The van der Waals surface area contributed by atoms with E-state index < -0.39 is 5.97 Å². The van der Waals surface area contributed by atoms with Crippen LogP contribution < -0.4 is 5.32 Å². The van der Waals surface area contributed by atoms with Crippen molar-refractivity contribution in [3.05, 3.63) is 24.0 Å². The molecule has 1 fully saturated rings. The molecule has 0 radical (unpaired) electrons. The molecule has 0 amide bonds. The van der Waals surface area contributed by atoms with Crippen molar-refractivity contribution in [1.82, 2.24) is 9.88 Å². The lowest BCUT2D eigenvalue weighted by molar-refractivity contribution is 0.0697. The summed E-state index contributed by atoms with van der Waals surface area (Å²) in [5, 5.41) is 12.2. The molecule has 18 heavy (non-hydrogen) atoms. The molecule has 0 aliphatic carbocycles. The number of rotatable bonds is 5. The molecule has 5 nitrogen and oxygen atoms in total. The van der Waals surface area contributed by atoms with Crippen LogP contribution in [0.15, 0.2) is 18.5 Å². The van der Waals surface area contributed by atoms with Crippen molar-refractivity contribution >= 4 is 23.4 Å². The molecule has 2 rings (SSSR count). The normalized spacial score (nSPS) is 16.4. The Morgan fingerprint density at radius 3 is 3.00 bits per heavy atom. The number of pyridine rings is 1. The van der Waals surface area contributed by atoms with E-state index >= 15 is 0 Å². The van der Waals surface area contributed by atoms with Gasteiger partial charge < -0.3 is 10.4 Å². The van der Waals surface area contributed by atoms with Gasteiger partial charge in [-0.25, -0.2) is 4.79 Å². The van der Waals surface area contributed by atoms with Crippen molar-refractivity contribution in [2.45, 2.75) is 0 Å². The molecule has 0 unspecified atom stereocenters. The lowest BCUT2D eigenvalue weighted by atomic mass is 10.2. The van der Waals surface area contributed by atoms with Crippen LogP contribution >= 0.6 is 11.8 Å². The van der Waals surface area contributed by atoms with Crippen molar-refractivity contribution < 1.29 is 9.90 Å². The number of aromatic carboxylic acids is 1. The van der Waals surface area contributed by atoms with Gasteiger partial charge >= 0.3 is 5.97 Å². The summed E-state index contributed by atoms with van der Waals surface area (Å²) in [6.45, 7) is 3.94. The van der Waals surface area contributed by atoms with Gasteiger partial charge in [0.15, 0.2) is 0 Å². The van der Waals surface area contributed by atoms with Crippen molar-refractivity contribution in [2.75, 3.05) is 43.0 Å². The molecule has 6 heteroatoms. The highest BCUT2D eigenvalue weighted by Gasteiger charge is 2.11. The van der Waals surface area contributed by atoms with E-state index in [0.29, 0.717) is 5.69 Å². The largest absolute Gasteiger partial charge is 0.478 e. The number of carboxylic acid groups (broad SMARTS) is 1. The predicted octanol–water partition coefficient (Wildman–Crippen LogP) is 1.24. The third kappa shape index (κ3) is 3.61. The Morgan fingerprint density at radius 2 is 2.28 bits per heavy atom. The molecule has 0 aromatic carbocycles. The smallest absolute Gasteiger partial charge is 0.339 e. The second-order valence-corrected chi connectivity index (χ2v) is 5.33. The average Bonchev–Trinajstić information content (AvgIpc) is 2.40. The minimum Gasteiger partial charge on any atom is -0.478 e. The van der Waals surface area contributed by atoms with Crippen LogP contribution in [0.3, 0.4) is 0 Å². The molecule has 1 aromatic rings. The van der Waals surface area contributed by atoms with Crippen molar-refractivity contribution in [1.29, 1.82) is 0 Å². The second-order valence-electron chi connectivity index (χ2n) is 4.11. The van der Waals surface area contributed by atoms with Crippen molar-refractivity contribution in [3.63, 3.8) is 0 Å². The fourth-order valence-corrected chi connectivity index (χ4v) is 2.87. The minimum absolute atomic E-state index is 0.228. The molecule has 0 saturated carbocycles. The molecule has 1 aromatic heterocycles. The van der Waals surface area contributed by atoms with E-state index in [0.717, 1.165) is 26.2 Å². The number of thioether (sulfide) groups is 1. The number of nitrogens with one attached hydrogen (secondary N) is 1. The molecule has 1 saturated heterocycles. The first-order valence-corrected chi connectivity index (χ1v) is 7.14. The topological polar surface area (TPSA) is 65.5 Å². The monoisotopic (exact) mass is 267 g/mol. The number of aromatic nitrogens is 1. The fraction of sp³-hybridized carbons (Fsp3) is 0.500. The summed E-state index contributed by atoms with van der Waals surface area (Å²) in [5.41, 5.74) is 0.871. The van der Waals surface area contributed by atoms with Gasteiger partial charge in [-0.05, 0) is 6.07 Å². The molecule has 0 bridgehead atoms. The number of hydrogen-bond donors (Lipinski definition) is 2. The highest BCUT2D eigenvalue weighted by Crippen LogP contribution is 2.13. The number of anilines is 1. The van der Waals surface area contributed by atoms with Gasteiger partial charge in [0.05, 0.1) is 5.69 Å². The SMILES string of the molecule is O=C(O)c1cnccc1NCCN1CCSCC1. The average molecular weight is 267 g/mol. The standard InChI is InChI=1S/C12H17N3O2S/c16-12(17)10-9-13-2-1-11(10)14-3-4-15-5-7-18-8-6-15/h1-2,9H,3-8H2,(H,13,14)(H,16,17). The maximum absolute atomic E-state index is 11.0. The van der Waals surface area contributed by atoms with Crippen LogP contribution in [0.2, 0.25) is 0 Å². The first-order valence-electron chi connectivity index (χ1n) is 5.98. The van der Waals surface area contributed by atoms with Crippen LogP contribution in [0.4, 0.5) is 5.69 Å². The molecule has 2 heterocycles. The maximum Gasteiger partial charge on any atom is 0.339 e. The van der Waals surface area contributed by atoms with Crippen LogP contribution in [0.5, 0.6) is 0 Å². The van der Waals surface area contributed by atoms with E-state index in [1.807, 2.05) is 11.8 Å². The zero-order valence-corrected chi connectivity index (χ0v) is 10.9. The number of carbonyl (C=O) groups is 1. The quantitative estimate of drug-likeness (QED) is 0.837. The molecular weight excluding hydrogens is 250 g/mol. The maximum atomic E-state index is 11.0. The number of hydrogen-bond acceptors (Lipinski definition) is 5. The summed E-state index contributed by atoms with van der Waals surface area (Å²) in [5.74, 6) is 1.44. The Labute approximate surface area is 111 Å². The van der Waals surface area contributed by atoms with Gasteiger partial charge in [-0.3, -0.25) is 9.88 Å². The summed E-state index contributed by atoms with van der Waals surface area (Å²) in [6, 6.07) is 1.70. The van der Waals surface area contributed by atoms with Gasteiger partial charge in [-0.15, -0.1) is 0 Å². The van der Waals surface area contributed by atoms with Crippen LogP contribution in [0, 0.1) is 0 Å². The van der Waals surface area contributed by atoms with E-state index in [2.05, 4.69) is 15.2 Å². The van der Waals surface area contributed by atoms with Crippen LogP contribution in [0.1, 0.15) is 10.4 Å². The molecule has 1 aliphatic heterocycles. The van der Waals surface area contributed by atoms with Gasteiger partial charge in [-0.2, -0.15) is 11.8 Å². The third-order valence-electron chi connectivity index (χ3n) is 2.90. The molecule has 0 atom stereocenters. The summed E-state index contributed by atoms with van der Waals surface area (Å²) >= 11 is 1.99. The van der Waals surface area contributed by atoms with Crippen molar-refractivity contribution in [2.24, 2.45) is 0 Å². The van der Waals surface area contributed by atoms with Gasteiger partial charge in [0.1, 0.15) is 5.56 Å². The molecule has 98 valence electrons. The van der Waals surface area contributed by atoms with Gasteiger partial charge in [0, 0.05) is 50.1 Å². The zero-order chi connectivity index (χ0) is 12.8. The number of carboxylic acids is 1. The first-order chi connectivity index (χ1) is 8.77. The molecule has 1 aliphatic rings. The third-order valence-corrected chi connectivity index (χ3v) is 3.84. The van der Waals surface area contributed by atoms with E-state index in [1.54, 1.807) is 12.3 Å². The Balaban J connectivity index is 1.84. The van der Waals surface area contributed by atoms with Gasteiger partial charge in [0.25, 0.3) is 0 Å². The first kappa shape index (κ1) is 13.2. The van der Waals surface area contributed by atoms with Gasteiger partial charge in [-0.1, -0.05) is 0 Å². The Morgan fingerprint density at radius 1 is 1.50 bits per heavy atom. The zero-order valence-electron chi connectivity index (χ0n) is 10.1. The molecule has 0 spiro atoms. The predicted molar refractivity (Wildman–Crippen MR) is 73.5 cm³/mol. The summed E-state index contributed by atoms with van der Waals surface area (Å²) < 4.78 is 0. The molecular formula is C12H17N3O2S. The number of nitrogens with zero attached hydrogens (tertiary/aromatic N) is 2. The summed E-state index contributed by atoms with van der Waals surface area (Å²) in [7, 11) is 0. The lowest BCUT2D eigenvalue weighted by Crippen LogP contribution is -2.36. The van der Waals surface area contributed by atoms with E-state index in [-0.39, 0.29) is 5.56 Å². The Bertz CT molecular complexity index is 408. The Hall–Kier alpha value is -1.27. The van der Waals surface area contributed by atoms with E-state index in [4.69, 9.17) is 5.11 Å². The van der Waals surface area contributed by atoms with Gasteiger partial charge in [0.2, 0.25) is 0 Å². The lowest BCUT2D eigenvalue weighted by Gasteiger charge is -2.26. The van der Waals surface area contributed by atoms with E-state index in [9.17, 15) is 4.79 Å². The fourth-order valence-electron chi connectivity index (χ4n) is 1.89. The van der Waals surface area contributed by atoms with Crippen LogP contribution in [-0.4, -0.2) is 58.6 Å². The second kappa shape index (κ2) is 6.61. The highest BCUT2D eigenvalue weighted by atomic mass is 32.2. The molecule has 2 N–H and O–H groups in total. The van der Waals surface area contributed by atoms with Crippen LogP contribution in [-0.2, 0) is 0 Å². The Kier molecular flexibility index (Phi) is 4.83.